The lowest BCUT2D eigenvalue weighted by Gasteiger charge is -2.13. The van der Waals surface area contributed by atoms with Crippen molar-refractivity contribution in [1.29, 1.82) is 5.26 Å². The second-order valence-electron chi connectivity index (χ2n) is 9.02. The van der Waals surface area contributed by atoms with E-state index in [1.807, 2.05) is 25.1 Å². The van der Waals surface area contributed by atoms with Crippen LogP contribution in [-0.4, -0.2) is 44.2 Å². The Hall–Kier alpha value is -3.13. The summed E-state index contributed by atoms with van der Waals surface area (Å²) < 4.78 is 6.13. The third kappa shape index (κ3) is 5.59. The van der Waals surface area contributed by atoms with Gasteiger partial charge < -0.3 is 20.7 Å². The molecule has 0 spiro atoms. The highest BCUT2D eigenvalue weighted by Gasteiger charge is 2.25. The minimum Gasteiger partial charge on any atom is -0.383 e. The highest BCUT2D eigenvalue weighted by atomic mass is 32.1. The van der Waals surface area contributed by atoms with Gasteiger partial charge in [-0.1, -0.05) is 18.2 Å². The summed E-state index contributed by atoms with van der Waals surface area (Å²) in [6.45, 7) is 5.63. The van der Waals surface area contributed by atoms with Crippen molar-refractivity contribution in [3.63, 3.8) is 0 Å². The molecule has 1 aliphatic rings. The predicted molar refractivity (Wildman–Crippen MR) is 151 cm³/mol. The van der Waals surface area contributed by atoms with Crippen molar-refractivity contribution in [2.24, 2.45) is 0 Å². The molecule has 1 amide bonds. The van der Waals surface area contributed by atoms with E-state index in [9.17, 15) is 10.1 Å². The lowest BCUT2D eigenvalue weighted by molar-refractivity contribution is -0.116. The second-order valence-corrected chi connectivity index (χ2v) is 11.2. The molecule has 2 aromatic heterocycles. The highest BCUT2D eigenvalue weighted by molar-refractivity contribution is 7.23. The van der Waals surface area contributed by atoms with Gasteiger partial charge in [-0.05, 0) is 60.3 Å². The third-order valence-electron chi connectivity index (χ3n) is 6.49. The van der Waals surface area contributed by atoms with Crippen molar-refractivity contribution in [2.75, 3.05) is 38.7 Å². The maximum Gasteiger partial charge on any atom is 0.226 e. The van der Waals surface area contributed by atoms with E-state index in [2.05, 4.69) is 40.2 Å². The first kappa shape index (κ1) is 25.5. The lowest BCUT2D eigenvalue weighted by Crippen LogP contribution is -2.24. The smallest absolute Gasteiger partial charge is 0.226 e. The summed E-state index contributed by atoms with van der Waals surface area (Å²) in [7, 11) is 1.67. The van der Waals surface area contributed by atoms with Gasteiger partial charge in [0.2, 0.25) is 5.91 Å². The predicted octanol–water partition coefficient (Wildman–Crippen LogP) is 5.08. The highest BCUT2D eigenvalue weighted by Crippen LogP contribution is 2.45. The number of nitrogens with one attached hydrogen (secondary N) is 3. The van der Waals surface area contributed by atoms with Gasteiger partial charge >= 0.3 is 0 Å². The summed E-state index contributed by atoms with van der Waals surface area (Å²) in [6.07, 6.45) is 1.31. The van der Waals surface area contributed by atoms with E-state index in [0.717, 1.165) is 68.5 Å². The number of amides is 1. The van der Waals surface area contributed by atoms with Crippen LogP contribution in [0, 0.1) is 18.3 Å². The third-order valence-corrected chi connectivity index (χ3v) is 8.67. The van der Waals surface area contributed by atoms with Gasteiger partial charge in [-0.3, -0.25) is 4.79 Å². The molecule has 0 atom stereocenters. The molecular formula is C28H29N5O2S2. The van der Waals surface area contributed by atoms with Gasteiger partial charge in [-0.25, -0.2) is 4.98 Å². The zero-order valence-electron chi connectivity index (χ0n) is 20.9. The van der Waals surface area contributed by atoms with Gasteiger partial charge in [0.15, 0.2) is 0 Å². The molecule has 0 unspecified atom stereocenters. The van der Waals surface area contributed by atoms with Crippen LogP contribution in [0.5, 0.6) is 0 Å². The van der Waals surface area contributed by atoms with Crippen molar-refractivity contribution in [3.8, 4) is 27.8 Å². The molecule has 3 heterocycles. The summed E-state index contributed by atoms with van der Waals surface area (Å²) in [5.74, 6) is -0.00575. The molecule has 5 rings (SSSR count). The number of anilines is 1. The molecule has 190 valence electrons. The number of aryl methyl sites for hydroxylation is 1. The van der Waals surface area contributed by atoms with Crippen molar-refractivity contribution >= 4 is 43.8 Å². The number of hydrogen-bond donors (Lipinski definition) is 3. The minimum absolute atomic E-state index is 0.00575. The summed E-state index contributed by atoms with van der Waals surface area (Å²) in [4.78, 5) is 19.0. The van der Waals surface area contributed by atoms with E-state index in [1.165, 1.54) is 10.4 Å². The zero-order valence-corrected chi connectivity index (χ0v) is 22.6. The standard InChI is InChI=1S/C28H29N5O2S2/c1-17-3-4-18(13-20(17)15-29)19-5-6-22-23(14-19)36-27(32-22)26-21-7-9-31-16-24(21)37-28(26)33-25(34)8-10-30-11-12-35-2/h3-6,13-14,30-31H,7-12,16H2,1-2H3,(H,33,34). The number of carbonyl (C=O) groups excluding carboxylic acids is 1. The Morgan fingerprint density at radius 2 is 2.03 bits per heavy atom. The van der Waals surface area contributed by atoms with Crippen LogP contribution in [0.2, 0.25) is 0 Å². The number of carbonyl (C=O) groups is 1. The van der Waals surface area contributed by atoms with Crippen LogP contribution in [0.4, 0.5) is 5.00 Å². The lowest BCUT2D eigenvalue weighted by atomic mass is 10.0. The van der Waals surface area contributed by atoms with E-state index in [4.69, 9.17) is 9.72 Å². The quantitative estimate of drug-likeness (QED) is 0.261. The van der Waals surface area contributed by atoms with Crippen LogP contribution in [0.25, 0.3) is 31.9 Å². The van der Waals surface area contributed by atoms with Crippen LogP contribution in [0.15, 0.2) is 36.4 Å². The number of benzene rings is 2. The van der Waals surface area contributed by atoms with Gasteiger partial charge in [0.05, 0.1) is 28.5 Å². The fourth-order valence-corrected chi connectivity index (χ4v) is 6.86. The summed E-state index contributed by atoms with van der Waals surface area (Å²) in [6, 6.07) is 14.5. The van der Waals surface area contributed by atoms with E-state index in [0.29, 0.717) is 25.1 Å². The van der Waals surface area contributed by atoms with Gasteiger partial charge in [0, 0.05) is 43.6 Å². The first-order chi connectivity index (χ1) is 18.1. The summed E-state index contributed by atoms with van der Waals surface area (Å²) in [5.41, 5.74) is 7.03. The number of hydrogen-bond acceptors (Lipinski definition) is 8. The van der Waals surface area contributed by atoms with Gasteiger partial charge in [-0.2, -0.15) is 5.26 Å². The van der Waals surface area contributed by atoms with Gasteiger partial charge in [0.25, 0.3) is 0 Å². The second kappa shape index (κ2) is 11.5. The molecular weight excluding hydrogens is 502 g/mol. The Balaban J connectivity index is 1.44. The maximum absolute atomic E-state index is 12.8. The summed E-state index contributed by atoms with van der Waals surface area (Å²) in [5, 5.41) is 21.1. The normalized spacial score (nSPS) is 12.9. The van der Waals surface area contributed by atoms with Crippen molar-refractivity contribution < 1.29 is 9.53 Å². The molecule has 0 aliphatic carbocycles. The average molecular weight is 532 g/mol. The molecule has 1 aliphatic heterocycles. The Bertz CT molecular complexity index is 1480. The Labute approximate surface area is 224 Å². The number of nitriles is 1. The largest absolute Gasteiger partial charge is 0.383 e. The maximum atomic E-state index is 12.8. The molecule has 3 N–H and O–H groups in total. The number of thiazole rings is 1. The number of aromatic nitrogens is 1. The zero-order chi connectivity index (χ0) is 25.8. The summed E-state index contributed by atoms with van der Waals surface area (Å²) >= 11 is 3.30. The number of fused-ring (bicyclic) bond motifs is 2. The molecule has 37 heavy (non-hydrogen) atoms. The first-order valence-electron chi connectivity index (χ1n) is 12.3. The Morgan fingerprint density at radius 3 is 2.86 bits per heavy atom. The molecule has 0 bridgehead atoms. The van der Waals surface area contributed by atoms with E-state index < -0.39 is 0 Å². The molecule has 0 saturated heterocycles. The SMILES string of the molecule is COCCNCCC(=O)Nc1sc2c(c1-c1nc3ccc(-c4ccc(C)c(C#N)c4)cc3s1)CCNC2. The van der Waals surface area contributed by atoms with E-state index >= 15 is 0 Å². The molecule has 0 radical (unpaired) electrons. The van der Waals surface area contributed by atoms with Gasteiger partial charge in [-0.15, -0.1) is 22.7 Å². The topological polar surface area (TPSA) is 99.1 Å². The van der Waals surface area contributed by atoms with Crippen LogP contribution < -0.4 is 16.0 Å². The van der Waals surface area contributed by atoms with Crippen molar-refractivity contribution in [3.05, 3.63) is 58.0 Å². The minimum atomic E-state index is -0.00575. The molecule has 0 fully saturated rings. The first-order valence-corrected chi connectivity index (χ1v) is 14.0. The van der Waals surface area contributed by atoms with Crippen LogP contribution >= 0.6 is 22.7 Å². The number of methoxy groups -OCH3 is 1. The number of thiophene rings is 1. The van der Waals surface area contributed by atoms with Crippen LogP contribution in [0.3, 0.4) is 0 Å². The molecule has 9 heteroatoms. The van der Waals surface area contributed by atoms with Crippen LogP contribution in [0.1, 0.15) is 28.0 Å². The van der Waals surface area contributed by atoms with Crippen LogP contribution in [-0.2, 0) is 22.5 Å². The fraction of sp³-hybridized carbons (Fsp3) is 0.321. The average Bonchev–Trinajstić information content (AvgIpc) is 3.48. The molecule has 4 aromatic rings. The number of ether oxygens (including phenoxy) is 1. The van der Waals surface area contributed by atoms with E-state index in [1.54, 1.807) is 29.8 Å². The Morgan fingerprint density at radius 1 is 1.19 bits per heavy atom. The number of nitrogens with zero attached hydrogens (tertiary/aromatic N) is 2. The number of rotatable bonds is 9. The van der Waals surface area contributed by atoms with Crippen molar-refractivity contribution in [2.45, 2.75) is 26.3 Å². The fourth-order valence-electron chi connectivity index (χ4n) is 4.47. The van der Waals surface area contributed by atoms with E-state index in [-0.39, 0.29) is 5.91 Å². The Kier molecular flexibility index (Phi) is 7.93. The monoisotopic (exact) mass is 531 g/mol. The molecule has 0 saturated carbocycles. The van der Waals surface area contributed by atoms with Gasteiger partial charge in [0.1, 0.15) is 10.0 Å². The molecule has 7 nitrogen and oxygen atoms in total. The molecule has 2 aromatic carbocycles. The van der Waals surface area contributed by atoms with Crippen molar-refractivity contribution in [1.82, 2.24) is 15.6 Å².